The molecule has 1 atom stereocenters. The second-order valence-corrected chi connectivity index (χ2v) is 7.91. The van der Waals surface area contributed by atoms with Gasteiger partial charge >= 0.3 is 0 Å². The van der Waals surface area contributed by atoms with Gasteiger partial charge < -0.3 is 19.6 Å². The third kappa shape index (κ3) is 3.47. The lowest BCUT2D eigenvalue weighted by Crippen LogP contribution is -2.10. The van der Waals surface area contributed by atoms with Gasteiger partial charge in [0.2, 0.25) is 0 Å². The summed E-state index contributed by atoms with van der Waals surface area (Å²) < 4.78 is 7.63. The summed E-state index contributed by atoms with van der Waals surface area (Å²) in [7, 11) is 1.70. The number of anilines is 2. The van der Waals surface area contributed by atoms with E-state index in [0.717, 1.165) is 35.1 Å². The number of hydrogen-bond acceptors (Lipinski definition) is 3. The summed E-state index contributed by atoms with van der Waals surface area (Å²) in [5.74, 6) is 2.26. The highest BCUT2D eigenvalue weighted by atomic mass is 16.5. The molecule has 2 N–H and O–H groups in total. The zero-order valence-electron chi connectivity index (χ0n) is 17.4. The smallest absolute Gasteiger partial charge is 0.144 e. The van der Waals surface area contributed by atoms with E-state index in [9.17, 15) is 0 Å². The van der Waals surface area contributed by atoms with Gasteiger partial charge in [-0.05, 0) is 55.5 Å². The van der Waals surface area contributed by atoms with E-state index in [1.165, 1.54) is 29.7 Å². The molecule has 152 valence electrons. The maximum absolute atomic E-state index is 5.64. The Morgan fingerprint density at radius 1 is 1.13 bits per heavy atom. The molecular formula is C25H26N4O. The van der Waals surface area contributed by atoms with E-state index >= 15 is 0 Å². The maximum atomic E-state index is 5.64. The Hall–Kier alpha value is -3.47. The van der Waals surface area contributed by atoms with Crippen LogP contribution in [-0.4, -0.2) is 21.6 Å². The van der Waals surface area contributed by atoms with Crippen LogP contribution in [0.25, 0.3) is 5.69 Å². The molecule has 0 saturated carbocycles. The van der Waals surface area contributed by atoms with Crippen molar-refractivity contribution in [2.24, 2.45) is 0 Å². The van der Waals surface area contributed by atoms with Crippen molar-refractivity contribution in [2.45, 2.75) is 32.1 Å². The number of rotatable bonds is 5. The molecule has 0 bridgehead atoms. The highest BCUT2D eigenvalue weighted by molar-refractivity contribution is 5.64. The lowest BCUT2D eigenvalue weighted by molar-refractivity contribution is 0.413. The minimum absolute atomic E-state index is 0.437. The number of hydrogen-bond donors (Lipinski definition) is 2. The Kier molecular flexibility index (Phi) is 4.79. The quantitative estimate of drug-likeness (QED) is 0.451. The van der Waals surface area contributed by atoms with Gasteiger partial charge in [0.1, 0.15) is 11.6 Å². The number of ether oxygens (including phenoxy) is 1. The summed E-state index contributed by atoms with van der Waals surface area (Å²) in [5.41, 5.74) is 7.07. The first-order valence-corrected chi connectivity index (χ1v) is 10.4. The van der Waals surface area contributed by atoms with Crippen molar-refractivity contribution in [3.63, 3.8) is 0 Å². The van der Waals surface area contributed by atoms with Crippen LogP contribution in [0.1, 0.15) is 41.3 Å². The first kappa shape index (κ1) is 18.6. The van der Waals surface area contributed by atoms with Crippen molar-refractivity contribution in [1.29, 1.82) is 0 Å². The van der Waals surface area contributed by atoms with Crippen molar-refractivity contribution in [3.05, 3.63) is 89.6 Å². The molecule has 1 aliphatic carbocycles. The number of aromatic amines is 1. The average Bonchev–Trinajstić information content (AvgIpc) is 3.39. The van der Waals surface area contributed by atoms with Gasteiger partial charge in [0, 0.05) is 29.6 Å². The van der Waals surface area contributed by atoms with Crippen LogP contribution in [0.5, 0.6) is 5.75 Å². The molecular weight excluding hydrogens is 372 g/mol. The largest absolute Gasteiger partial charge is 0.494 e. The number of aromatic nitrogens is 3. The van der Waals surface area contributed by atoms with Gasteiger partial charge in [-0.25, -0.2) is 4.98 Å². The summed E-state index contributed by atoms with van der Waals surface area (Å²) in [6.45, 7) is 1.98. The van der Waals surface area contributed by atoms with Crippen LogP contribution in [0.2, 0.25) is 0 Å². The SMILES string of the molecule is COc1cc(Nc2cc3c([nH]2)C(c2ccccc2)CCC3)ccc1-n1cnc(C)c1. The standard InChI is InChI=1S/C25H26N4O/c1-17-15-29(16-26-17)22-12-11-20(14-23(22)30-2)27-24-13-19-9-6-10-21(25(19)28-24)18-7-4-3-5-8-18/h3-5,7-8,11-16,21,27-28H,6,9-10H2,1-2H3. The van der Waals surface area contributed by atoms with E-state index < -0.39 is 0 Å². The maximum Gasteiger partial charge on any atom is 0.144 e. The number of imidazole rings is 1. The van der Waals surface area contributed by atoms with E-state index in [1.807, 2.05) is 30.1 Å². The van der Waals surface area contributed by atoms with E-state index in [1.54, 1.807) is 7.11 Å². The molecule has 4 aromatic rings. The lowest BCUT2D eigenvalue weighted by Gasteiger charge is -2.22. The zero-order valence-corrected chi connectivity index (χ0v) is 17.4. The van der Waals surface area contributed by atoms with Crippen LogP contribution < -0.4 is 10.1 Å². The van der Waals surface area contributed by atoms with Crippen LogP contribution in [-0.2, 0) is 6.42 Å². The second kappa shape index (κ2) is 7.75. The molecule has 0 aliphatic heterocycles. The molecule has 30 heavy (non-hydrogen) atoms. The van der Waals surface area contributed by atoms with Crippen molar-refractivity contribution in [3.8, 4) is 11.4 Å². The van der Waals surface area contributed by atoms with Gasteiger partial charge in [-0.3, -0.25) is 0 Å². The van der Waals surface area contributed by atoms with E-state index in [2.05, 4.69) is 63.8 Å². The predicted molar refractivity (Wildman–Crippen MR) is 120 cm³/mol. The highest BCUT2D eigenvalue weighted by Crippen LogP contribution is 2.38. The lowest BCUT2D eigenvalue weighted by atomic mass is 9.83. The molecule has 5 rings (SSSR count). The predicted octanol–water partition coefficient (Wildman–Crippen LogP) is 5.73. The third-order valence-corrected chi connectivity index (χ3v) is 5.87. The van der Waals surface area contributed by atoms with Gasteiger partial charge in [0.05, 0.1) is 24.8 Å². The topological polar surface area (TPSA) is 54.9 Å². The Balaban J connectivity index is 1.42. The van der Waals surface area contributed by atoms with Gasteiger partial charge in [-0.15, -0.1) is 0 Å². The fraction of sp³-hybridized carbons (Fsp3) is 0.240. The monoisotopic (exact) mass is 398 g/mol. The second-order valence-electron chi connectivity index (χ2n) is 7.91. The number of nitrogens with one attached hydrogen (secondary N) is 2. The fourth-order valence-corrected chi connectivity index (χ4v) is 4.44. The molecule has 0 fully saturated rings. The number of methoxy groups -OCH3 is 1. The van der Waals surface area contributed by atoms with E-state index in [0.29, 0.717) is 5.92 Å². The molecule has 1 aliphatic rings. The van der Waals surface area contributed by atoms with E-state index in [-0.39, 0.29) is 0 Å². The van der Waals surface area contributed by atoms with Gasteiger partial charge in [-0.2, -0.15) is 0 Å². The molecule has 2 heterocycles. The summed E-state index contributed by atoms with van der Waals surface area (Å²) in [4.78, 5) is 7.97. The number of aryl methyl sites for hydroxylation is 2. The molecule has 1 unspecified atom stereocenters. The van der Waals surface area contributed by atoms with Crippen molar-refractivity contribution in [2.75, 3.05) is 12.4 Å². The summed E-state index contributed by atoms with van der Waals surface area (Å²) in [6.07, 6.45) is 7.33. The first-order chi connectivity index (χ1) is 14.7. The molecule has 0 radical (unpaired) electrons. The number of nitrogens with zero attached hydrogens (tertiary/aromatic N) is 2. The summed E-state index contributed by atoms with van der Waals surface area (Å²) in [5, 5.41) is 3.53. The summed E-state index contributed by atoms with van der Waals surface area (Å²) in [6, 6.07) is 19.2. The van der Waals surface area contributed by atoms with Crippen molar-refractivity contribution in [1.82, 2.24) is 14.5 Å². The minimum atomic E-state index is 0.437. The van der Waals surface area contributed by atoms with Gasteiger partial charge in [0.15, 0.2) is 0 Å². The molecule has 2 aromatic heterocycles. The Bertz CT molecular complexity index is 1160. The Morgan fingerprint density at radius 2 is 2.00 bits per heavy atom. The van der Waals surface area contributed by atoms with E-state index in [4.69, 9.17) is 4.74 Å². The fourth-order valence-electron chi connectivity index (χ4n) is 4.44. The Morgan fingerprint density at radius 3 is 2.77 bits per heavy atom. The molecule has 5 heteroatoms. The number of fused-ring (bicyclic) bond motifs is 1. The van der Waals surface area contributed by atoms with Crippen LogP contribution in [0.15, 0.2) is 67.1 Å². The van der Waals surface area contributed by atoms with Gasteiger partial charge in [0.25, 0.3) is 0 Å². The number of benzene rings is 2. The normalized spacial score (nSPS) is 15.6. The number of H-pyrrole nitrogens is 1. The highest BCUT2D eigenvalue weighted by Gasteiger charge is 2.24. The molecule has 0 saturated heterocycles. The summed E-state index contributed by atoms with van der Waals surface area (Å²) >= 11 is 0. The zero-order chi connectivity index (χ0) is 20.5. The van der Waals surface area contributed by atoms with Crippen molar-refractivity contribution >= 4 is 11.5 Å². The van der Waals surface area contributed by atoms with Crippen LogP contribution >= 0.6 is 0 Å². The first-order valence-electron chi connectivity index (χ1n) is 10.4. The molecule has 0 spiro atoms. The molecule has 2 aromatic carbocycles. The van der Waals surface area contributed by atoms with Crippen LogP contribution in [0.4, 0.5) is 11.5 Å². The minimum Gasteiger partial charge on any atom is -0.494 e. The third-order valence-electron chi connectivity index (χ3n) is 5.87. The molecule has 5 nitrogen and oxygen atoms in total. The van der Waals surface area contributed by atoms with Gasteiger partial charge in [-0.1, -0.05) is 30.3 Å². The van der Waals surface area contributed by atoms with Crippen LogP contribution in [0.3, 0.4) is 0 Å². The Labute approximate surface area is 176 Å². The molecule has 0 amide bonds. The van der Waals surface area contributed by atoms with Crippen LogP contribution in [0, 0.1) is 6.92 Å². The van der Waals surface area contributed by atoms with Crippen molar-refractivity contribution < 1.29 is 4.74 Å². The average molecular weight is 399 g/mol.